The normalized spacial score (nSPS) is 13.8. The molecule has 0 fully saturated rings. The highest BCUT2D eigenvalue weighted by Gasteiger charge is 2.16. The fourth-order valence-corrected chi connectivity index (χ4v) is 3.11. The first-order chi connectivity index (χ1) is 12.4. The Morgan fingerprint density at radius 3 is 2.76 bits per heavy atom. The second-order valence-corrected chi connectivity index (χ2v) is 5.90. The van der Waals surface area contributed by atoms with Gasteiger partial charge in [0.2, 0.25) is 0 Å². The third-order valence-electron chi connectivity index (χ3n) is 4.35. The molecule has 3 aromatic heterocycles. The van der Waals surface area contributed by atoms with Gasteiger partial charge in [-0.25, -0.2) is 14.6 Å². The van der Waals surface area contributed by atoms with Gasteiger partial charge in [-0.15, -0.1) is 0 Å². The summed E-state index contributed by atoms with van der Waals surface area (Å²) in [6.07, 6.45) is 6.96. The number of imidazole rings is 1. The summed E-state index contributed by atoms with van der Waals surface area (Å²) in [5, 5.41) is 12.2. The van der Waals surface area contributed by atoms with Gasteiger partial charge in [-0.2, -0.15) is 10.2 Å². The maximum absolute atomic E-state index is 4.71. The average molecular weight is 332 g/mol. The van der Waals surface area contributed by atoms with Crippen molar-refractivity contribution in [1.29, 1.82) is 0 Å². The van der Waals surface area contributed by atoms with Gasteiger partial charge in [0, 0.05) is 31.2 Å². The molecule has 4 aromatic rings. The van der Waals surface area contributed by atoms with Gasteiger partial charge in [0.25, 0.3) is 0 Å². The van der Waals surface area contributed by atoms with Crippen molar-refractivity contribution < 1.29 is 0 Å². The third kappa shape index (κ3) is 2.43. The van der Waals surface area contributed by atoms with Gasteiger partial charge in [-0.3, -0.25) is 9.25 Å². The smallest absolute Gasteiger partial charge is 0.165 e. The van der Waals surface area contributed by atoms with Gasteiger partial charge in [0.05, 0.1) is 17.9 Å². The summed E-state index contributed by atoms with van der Waals surface area (Å²) >= 11 is 0. The van der Waals surface area contributed by atoms with E-state index in [2.05, 4.69) is 31.1 Å². The largest absolute Gasteiger partial charge is 0.309 e. The maximum Gasteiger partial charge on any atom is 0.165 e. The molecule has 0 spiro atoms. The first-order valence-corrected chi connectivity index (χ1v) is 8.15. The van der Waals surface area contributed by atoms with Crippen molar-refractivity contribution in [2.24, 2.45) is 0 Å². The molecule has 4 heterocycles. The highest BCUT2D eigenvalue weighted by Crippen LogP contribution is 2.23. The van der Waals surface area contributed by atoms with E-state index in [0.717, 1.165) is 42.5 Å². The lowest BCUT2D eigenvalue weighted by Crippen LogP contribution is -2.28. The van der Waals surface area contributed by atoms with E-state index in [1.807, 2.05) is 35.0 Å². The van der Waals surface area contributed by atoms with Crippen molar-refractivity contribution in [3.8, 4) is 22.9 Å². The number of benzene rings is 1. The molecule has 0 unspecified atom stereocenters. The van der Waals surface area contributed by atoms with Crippen molar-refractivity contribution in [3.05, 3.63) is 61.1 Å². The van der Waals surface area contributed by atoms with Crippen LogP contribution in [0.4, 0.5) is 0 Å². The van der Waals surface area contributed by atoms with Gasteiger partial charge < -0.3 is 5.32 Å². The Kier molecular flexibility index (Phi) is 3.20. The number of hydrogen-bond acceptors (Lipinski definition) is 5. The van der Waals surface area contributed by atoms with E-state index in [0.29, 0.717) is 0 Å². The zero-order valence-electron chi connectivity index (χ0n) is 13.4. The molecule has 1 aromatic carbocycles. The Hall–Kier alpha value is -3.26. The van der Waals surface area contributed by atoms with Crippen LogP contribution in [-0.2, 0) is 13.1 Å². The SMILES string of the molecule is c1cn(-c2ccc(-n3cncn3)cc2)c(-c2cc3n(n2)CCNC3)n1. The number of aromatic nitrogens is 7. The molecule has 5 rings (SSSR count). The van der Waals surface area contributed by atoms with Crippen molar-refractivity contribution >= 4 is 0 Å². The molecule has 0 aliphatic carbocycles. The van der Waals surface area contributed by atoms with E-state index in [4.69, 9.17) is 5.10 Å². The third-order valence-corrected chi connectivity index (χ3v) is 4.35. The summed E-state index contributed by atoms with van der Waals surface area (Å²) in [5.74, 6) is 0.843. The fourth-order valence-electron chi connectivity index (χ4n) is 3.11. The lowest BCUT2D eigenvalue weighted by molar-refractivity contribution is 0.476. The van der Waals surface area contributed by atoms with E-state index < -0.39 is 0 Å². The first kappa shape index (κ1) is 14.1. The molecule has 124 valence electrons. The molecule has 0 saturated heterocycles. The average Bonchev–Trinajstić information content (AvgIpc) is 3.41. The molecule has 0 bridgehead atoms. The minimum absolute atomic E-state index is 0.843. The lowest BCUT2D eigenvalue weighted by Gasteiger charge is -2.13. The highest BCUT2D eigenvalue weighted by atomic mass is 15.3. The molecule has 0 radical (unpaired) electrons. The number of rotatable bonds is 3. The molecule has 1 aliphatic heterocycles. The van der Waals surface area contributed by atoms with Gasteiger partial charge in [0.1, 0.15) is 18.3 Å². The van der Waals surface area contributed by atoms with Crippen LogP contribution in [-0.4, -0.2) is 40.6 Å². The minimum atomic E-state index is 0.843. The van der Waals surface area contributed by atoms with Gasteiger partial charge >= 0.3 is 0 Å². The quantitative estimate of drug-likeness (QED) is 0.614. The van der Waals surface area contributed by atoms with E-state index in [-0.39, 0.29) is 0 Å². The van der Waals surface area contributed by atoms with Crippen LogP contribution in [0.15, 0.2) is 55.4 Å². The number of hydrogen-bond donors (Lipinski definition) is 1. The fraction of sp³-hybridized carbons (Fsp3) is 0.176. The molecule has 8 nitrogen and oxygen atoms in total. The van der Waals surface area contributed by atoms with Gasteiger partial charge in [-0.1, -0.05) is 0 Å². The Labute approximate surface area is 143 Å². The zero-order chi connectivity index (χ0) is 16.6. The first-order valence-electron chi connectivity index (χ1n) is 8.15. The standard InChI is InChI=1S/C17H16N8/c1-3-14(25-12-19-11-21-25)4-2-13(1)23-7-6-20-17(23)16-9-15-10-18-5-8-24(15)22-16/h1-4,6-7,9,11-12,18H,5,8,10H2. The molecule has 0 saturated carbocycles. The van der Waals surface area contributed by atoms with Crippen LogP contribution < -0.4 is 5.32 Å². The molecule has 1 aliphatic rings. The highest BCUT2D eigenvalue weighted by molar-refractivity contribution is 5.55. The zero-order valence-corrected chi connectivity index (χ0v) is 13.4. The molecule has 8 heteroatoms. The van der Waals surface area contributed by atoms with Crippen molar-refractivity contribution in [1.82, 2.24) is 39.4 Å². The monoisotopic (exact) mass is 332 g/mol. The number of nitrogens with zero attached hydrogens (tertiary/aromatic N) is 7. The predicted molar refractivity (Wildman–Crippen MR) is 91.4 cm³/mol. The number of fused-ring (bicyclic) bond motifs is 1. The molecule has 1 N–H and O–H groups in total. The Bertz CT molecular complexity index is 970. The predicted octanol–water partition coefficient (Wildman–Crippen LogP) is 1.42. The Morgan fingerprint density at radius 2 is 1.96 bits per heavy atom. The molecule has 0 atom stereocenters. The topological polar surface area (TPSA) is 78.4 Å². The molecular weight excluding hydrogens is 316 g/mol. The van der Waals surface area contributed by atoms with Crippen molar-refractivity contribution in [2.45, 2.75) is 13.1 Å². The summed E-state index contributed by atoms with van der Waals surface area (Å²) < 4.78 is 5.83. The van der Waals surface area contributed by atoms with Crippen LogP contribution >= 0.6 is 0 Å². The summed E-state index contributed by atoms with van der Waals surface area (Å²) in [6, 6.07) is 10.2. The summed E-state index contributed by atoms with van der Waals surface area (Å²) in [6.45, 7) is 2.69. The van der Waals surface area contributed by atoms with Crippen LogP contribution in [0, 0.1) is 0 Å². The molecule has 0 amide bonds. The van der Waals surface area contributed by atoms with Crippen molar-refractivity contribution in [3.63, 3.8) is 0 Å². The van der Waals surface area contributed by atoms with Crippen LogP contribution in [0.5, 0.6) is 0 Å². The van der Waals surface area contributed by atoms with Crippen LogP contribution in [0.1, 0.15) is 5.69 Å². The van der Waals surface area contributed by atoms with Crippen LogP contribution in [0.2, 0.25) is 0 Å². The van der Waals surface area contributed by atoms with Gasteiger partial charge in [0.15, 0.2) is 5.82 Å². The van der Waals surface area contributed by atoms with E-state index in [1.54, 1.807) is 17.2 Å². The summed E-state index contributed by atoms with van der Waals surface area (Å²) in [4.78, 5) is 8.50. The van der Waals surface area contributed by atoms with Crippen LogP contribution in [0.3, 0.4) is 0 Å². The minimum Gasteiger partial charge on any atom is -0.309 e. The second-order valence-electron chi connectivity index (χ2n) is 5.90. The lowest BCUT2D eigenvalue weighted by atomic mass is 10.2. The summed E-state index contributed by atoms with van der Waals surface area (Å²) in [7, 11) is 0. The van der Waals surface area contributed by atoms with E-state index in [1.165, 1.54) is 12.0 Å². The Morgan fingerprint density at radius 1 is 1.08 bits per heavy atom. The molecular formula is C17H16N8. The van der Waals surface area contributed by atoms with E-state index >= 15 is 0 Å². The van der Waals surface area contributed by atoms with E-state index in [9.17, 15) is 0 Å². The molecule has 25 heavy (non-hydrogen) atoms. The second kappa shape index (κ2) is 5.67. The Balaban J connectivity index is 1.51. The summed E-state index contributed by atoms with van der Waals surface area (Å²) in [5.41, 5.74) is 4.08. The van der Waals surface area contributed by atoms with Gasteiger partial charge in [-0.05, 0) is 30.3 Å². The number of nitrogens with one attached hydrogen (secondary N) is 1. The van der Waals surface area contributed by atoms with Crippen LogP contribution in [0.25, 0.3) is 22.9 Å². The van der Waals surface area contributed by atoms with Crippen molar-refractivity contribution in [2.75, 3.05) is 6.54 Å². The maximum atomic E-state index is 4.71.